The molecule has 3 rings (SSSR count). The van der Waals surface area contributed by atoms with Crippen molar-refractivity contribution in [1.29, 1.82) is 0 Å². The number of ether oxygens (including phenoxy) is 1. The Morgan fingerprint density at radius 3 is 2.68 bits per heavy atom. The number of carbonyl (C=O) groups excluding carboxylic acids is 1. The van der Waals surface area contributed by atoms with Gasteiger partial charge in [-0.1, -0.05) is 0 Å². The third-order valence-corrected chi connectivity index (χ3v) is 6.39. The maximum absolute atomic E-state index is 11.2. The molecule has 3 fully saturated rings. The number of carbonyl (C=O) groups is 1. The van der Waals surface area contributed by atoms with E-state index in [0.29, 0.717) is 5.41 Å². The van der Waals surface area contributed by atoms with E-state index in [9.17, 15) is 4.79 Å². The van der Waals surface area contributed by atoms with E-state index < -0.39 is 0 Å². The molecule has 1 unspecified atom stereocenters. The fourth-order valence-corrected chi connectivity index (χ4v) is 4.59. The van der Waals surface area contributed by atoms with Gasteiger partial charge in [-0.15, -0.1) is 24.0 Å². The molecule has 8 heteroatoms. The second kappa shape index (κ2) is 11.5. The SMILES string of the molecule is CCNC(=NCCCCN1CCC(C(N)=O)CC1)N1CCC2(CCOC2)C1.I. The summed E-state index contributed by atoms with van der Waals surface area (Å²) < 4.78 is 5.64. The number of nitrogens with one attached hydrogen (secondary N) is 1. The summed E-state index contributed by atoms with van der Waals surface area (Å²) in [5.41, 5.74) is 5.77. The van der Waals surface area contributed by atoms with Crippen LogP contribution in [0.15, 0.2) is 4.99 Å². The molecule has 0 aromatic heterocycles. The number of rotatable bonds is 7. The summed E-state index contributed by atoms with van der Waals surface area (Å²) in [6.07, 6.45) is 6.50. The van der Waals surface area contributed by atoms with E-state index >= 15 is 0 Å². The van der Waals surface area contributed by atoms with Crippen molar-refractivity contribution in [3.8, 4) is 0 Å². The number of halogens is 1. The lowest BCUT2D eigenvalue weighted by Crippen LogP contribution is -2.41. The number of nitrogens with zero attached hydrogens (tertiary/aromatic N) is 3. The third kappa shape index (κ3) is 6.45. The molecule has 7 nitrogen and oxygen atoms in total. The lowest BCUT2D eigenvalue weighted by Gasteiger charge is -2.30. The largest absolute Gasteiger partial charge is 0.381 e. The zero-order valence-electron chi connectivity index (χ0n) is 17.3. The molecule has 3 heterocycles. The molecule has 0 aromatic rings. The number of likely N-dealkylation sites (tertiary alicyclic amines) is 2. The zero-order chi connectivity index (χ0) is 19.1. The van der Waals surface area contributed by atoms with Gasteiger partial charge in [-0.25, -0.2) is 0 Å². The summed E-state index contributed by atoms with van der Waals surface area (Å²) in [6, 6.07) is 0. The molecule has 3 saturated heterocycles. The van der Waals surface area contributed by atoms with E-state index in [0.717, 1.165) is 90.7 Å². The Kier molecular flexibility index (Phi) is 9.76. The Morgan fingerprint density at radius 1 is 1.25 bits per heavy atom. The van der Waals surface area contributed by atoms with Crippen molar-refractivity contribution in [3.05, 3.63) is 0 Å². The second-order valence-electron chi connectivity index (χ2n) is 8.44. The molecule has 1 atom stereocenters. The minimum absolute atomic E-state index is 0. The van der Waals surface area contributed by atoms with Crippen LogP contribution < -0.4 is 11.1 Å². The van der Waals surface area contributed by atoms with Crippen LogP contribution in [0.4, 0.5) is 0 Å². The van der Waals surface area contributed by atoms with Gasteiger partial charge >= 0.3 is 0 Å². The van der Waals surface area contributed by atoms with E-state index in [1.807, 2.05) is 0 Å². The number of nitrogens with two attached hydrogens (primary N) is 1. The number of hydrogen-bond acceptors (Lipinski definition) is 4. The number of guanidine groups is 1. The Balaban J connectivity index is 0.00000280. The average Bonchev–Trinajstić information content (AvgIpc) is 3.31. The Labute approximate surface area is 186 Å². The highest BCUT2D eigenvalue weighted by molar-refractivity contribution is 14.0. The summed E-state index contributed by atoms with van der Waals surface area (Å²) in [6.45, 7) is 11.0. The highest BCUT2D eigenvalue weighted by Crippen LogP contribution is 2.38. The predicted molar refractivity (Wildman–Crippen MR) is 123 cm³/mol. The molecule has 0 aromatic carbocycles. The van der Waals surface area contributed by atoms with Crippen molar-refractivity contribution in [2.45, 2.75) is 45.4 Å². The zero-order valence-corrected chi connectivity index (χ0v) is 19.7. The van der Waals surface area contributed by atoms with Crippen molar-refractivity contribution in [2.75, 3.05) is 59.0 Å². The van der Waals surface area contributed by atoms with Gasteiger partial charge < -0.3 is 25.6 Å². The van der Waals surface area contributed by atoms with E-state index in [-0.39, 0.29) is 35.8 Å². The van der Waals surface area contributed by atoms with Gasteiger partial charge in [0.05, 0.1) is 6.61 Å². The van der Waals surface area contributed by atoms with Gasteiger partial charge in [0.15, 0.2) is 5.96 Å². The normalized spacial score (nSPS) is 26.6. The molecule has 162 valence electrons. The van der Waals surface area contributed by atoms with Crippen LogP contribution in [0, 0.1) is 11.3 Å². The first-order valence-corrected chi connectivity index (χ1v) is 10.7. The first-order valence-electron chi connectivity index (χ1n) is 10.7. The molecule has 1 amide bonds. The summed E-state index contributed by atoms with van der Waals surface area (Å²) in [5.74, 6) is 1.03. The van der Waals surface area contributed by atoms with Crippen molar-refractivity contribution in [2.24, 2.45) is 22.1 Å². The van der Waals surface area contributed by atoms with Crippen LogP contribution in [0.25, 0.3) is 0 Å². The smallest absolute Gasteiger partial charge is 0.220 e. The minimum Gasteiger partial charge on any atom is -0.381 e. The summed E-state index contributed by atoms with van der Waals surface area (Å²) >= 11 is 0. The minimum atomic E-state index is -0.132. The van der Waals surface area contributed by atoms with Crippen LogP contribution in [-0.2, 0) is 9.53 Å². The number of piperidine rings is 1. The highest BCUT2D eigenvalue weighted by Gasteiger charge is 2.42. The highest BCUT2D eigenvalue weighted by atomic mass is 127. The van der Waals surface area contributed by atoms with Gasteiger partial charge in [-0.2, -0.15) is 0 Å². The molecule has 0 aliphatic carbocycles. The number of aliphatic imine (C=N–C) groups is 1. The fraction of sp³-hybridized carbons (Fsp3) is 0.900. The fourth-order valence-electron chi connectivity index (χ4n) is 4.59. The summed E-state index contributed by atoms with van der Waals surface area (Å²) in [5, 5.41) is 3.47. The average molecular weight is 507 g/mol. The molecule has 0 radical (unpaired) electrons. The van der Waals surface area contributed by atoms with Gasteiger partial charge in [0.1, 0.15) is 0 Å². The molecular weight excluding hydrogens is 469 g/mol. The van der Waals surface area contributed by atoms with Crippen LogP contribution in [0.3, 0.4) is 0 Å². The monoisotopic (exact) mass is 507 g/mol. The summed E-state index contributed by atoms with van der Waals surface area (Å²) in [4.78, 5) is 21.0. The molecule has 0 bridgehead atoms. The van der Waals surface area contributed by atoms with Crippen molar-refractivity contribution in [1.82, 2.24) is 15.1 Å². The van der Waals surface area contributed by atoms with Crippen molar-refractivity contribution >= 4 is 35.8 Å². The van der Waals surface area contributed by atoms with Crippen LogP contribution in [-0.4, -0.2) is 80.7 Å². The number of primary amides is 1. The van der Waals surface area contributed by atoms with Gasteiger partial charge in [-0.05, 0) is 65.1 Å². The molecule has 3 N–H and O–H groups in total. The van der Waals surface area contributed by atoms with Gasteiger partial charge in [0, 0.05) is 44.1 Å². The molecule has 3 aliphatic rings. The standard InChI is InChI=1S/C20H37N5O2.HI/c1-2-22-19(25-13-7-20(15-25)8-14-27-16-20)23-9-3-4-10-24-11-5-17(6-12-24)18(21)26;/h17H,2-16H2,1H3,(H2,21,26)(H,22,23);1H. The van der Waals surface area contributed by atoms with E-state index in [1.54, 1.807) is 0 Å². The summed E-state index contributed by atoms with van der Waals surface area (Å²) in [7, 11) is 0. The number of unbranched alkanes of at least 4 members (excludes halogenated alkanes) is 1. The number of amides is 1. The van der Waals surface area contributed by atoms with E-state index in [1.165, 1.54) is 12.8 Å². The quantitative estimate of drug-likeness (QED) is 0.237. The topological polar surface area (TPSA) is 83.2 Å². The number of hydrogen-bond donors (Lipinski definition) is 2. The van der Waals surface area contributed by atoms with Crippen LogP contribution in [0.5, 0.6) is 0 Å². The third-order valence-electron chi connectivity index (χ3n) is 6.39. The van der Waals surface area contributed by atoms with Crippen LogP contribution >= 0.6 is 24.0 Å². The van der Waals surface area contributed by atoms with Crippen LogP contribution in [0.2, 0.25) is 0 Å². The Bertz CT molecular complexity index is 517. The first kappa shape index (κ1) is 23.7. The van der Waals surface area contributed by atoms with Crippen molar-refractivity contribution in [3.63, 3.8) is 0 Å². The molecule has 3 aliphatic heterocycles. The Morgan fingerprint density at radius 2 is 2.04 bits per heavy atom. The lowest BCUT2D eigenvalue weighted by molar-refractivity contribution is -0.123. The molecule has 0 saturated carbocycles. The maximum atomic E-state index is 11.2. The lowest BCUT2D eigenvalue weighted by atomic mass is 9.87. The van der Waals surface area contributed by atoms with E-state index in [2.05, 4.69) is 22.0 Å². The second-order valence-corrected chi connectivity index (χ2v) is 8.44. The predicted octanol–water partition coefficient (Wildman–Crippen LogP) is 1.66. The molecular formula is C20H38IN5O2. The van der Waals surface area contributed by atoms with Crippen LogP contribution in [0.1, 0.15) is 45.4 Å². The van der Waals surface area contributed by atoms with Gasteiger partial charge in [-0.3, -0.25) is 9.79 Å². The maximum Gasteiger partial charge on any atom is 0.220 e. The molecule has 28 heavy (non-hydrogen) atoms. The van der Waals surface area contributed by atoms with Gasteiger partial charge in [0.25, 0.3) is 0 Å². The van der Waals surface area contributed by atoms with E-state index in [4.69, 9.17) is 15.5 Å². The molecule has 1 spiro atoms. The van der Waals surface area contributed by atoms with Crippen molar-refractivity contribution < 1.29 is 9.53 Å². The first-order chi connectivity index (χ1) is 13.1. The van der Waals surface area contributed by atoms with Gasteiger partial charge in [0.2, 0.25) is 5.91 Å². The Hall–Kier alpha value is -0.610.